The molecule has 0 aromatic rings. The Bertz CT molecular complexity index is 274. The van der Waals surface area contributed by atoms with Gasteiger partial charge in [-0.05, 0) is 12.8 Å². The summed E-state index contributed by atoms with van der Waals surface area (Å²) in [6.45, 7) is 1.95. The molecule has 7 heteroatoms. The third-order valence-corrected chi connectivity index (χ3v) is 1.97. The second-order valence-corrected chi connectivity index (χ2v) is 3.99. The van der Waals surface area contributed by atoms with Crippen molar-refractivity contribution in [2.24, 2.45) is 5.73 Å². The molecule has 0 bridgehead atoms. The molecule has 84 valence electrons. The first-order chi connectivity index (χ1) is 6.35. The van der Waals surface area contributed by atoms with Gasteiger partial charge in [0, 0.05) is 12.5 Å². The van der Waals surface area contributed by atoms with Gasteiger partial charge in [-0.25, -0.2) is 0 Å². The van der Waals surface area contributed by atoms with E-state index in [-0.39, 0.29) is 12.5 Å². The third-order valence-electron chi connectivity index (χ3n) is 1.58. The van der Waals surface area contributed by atoms with E-state index in [2.05, 4.69) is 4.18 Å². The molecule has 0 aromatic heterocycles. The monoisotopic (exact) mass is 225 g/mol. The summed E-state index contributed by atoms with van der Waals surface area (Å²) in [7, 11) is -4.67. The highest BCUT2D eigenvalue weighted by molar-refractivity contribution is 7.81. The molecule has 0 rings (SSSR count). The fourth-order valence-electron chi connectivity index (χ4n) is 0.977. The minimum absolute atomic E-state index is 0.110. The van der Waals surface area contributed by atoms with Gasteiger partial charge < -0.3 is 9.92 Å². The van der Waals surface area contributed by atoms with E-state index in [1.54, 1.807) is 0 Å². The van der Waals surface area contributed by atoms with Crippen molar-refractivity contribution in [1.82, 2.24) is 0 Å². The quantitative estimate of drug-likeness (QED) is 0.627. The molecule has 0 saturated carbocycles. The molecular formula is C7H15NO5S. The number of hydrogen-bond donors (Lipinski definition) is 2. The number of rotatable bonds is 6. The van der Waals surface area contributed by atoms with Crippen LogP contribution in [-0.4, -0.2) is 25.0 Å². The van der Waals surface area contributed by atoms with E-state index in [0.717, 1.165) is 12.8 Å². The maximum absolute atomic E-state index is 10.8. The van der Waals surface area contributed by atoms with Crippen LogP contribution >= 0.6 is 0 Å². The van der Waals surface area contributed by atoms with E-state index in [9.17, 15) is 13.2 Å². The SMILES string of the molecule is CCC[C@@H](N)CCC(=O)OS(=O)(=O)O. The van der Waals surface area contributed by atoms with Crippen molar-refractivity contribution >= 4 is 16.4 Å². The fraction of sp³-hybridized carbons (Fsp3) is 0.857. The molecule has 0 heterocycles. The number of carbonyl (C=O) groups excluding carboxylic acids is 1. The lowest BCUT2D eigenvalue weighted by Crippen LogP contribution is -2.22. The summed E-state index contributed by atoms with van der Waals surface area (Å²) < 4.78 is 32.0. The minimum atomic E-state index is -4.67. The molecule has 0 fully saturated rings. The molecule has 0 saturated heterocycles. The van der Waals surface area contributed by atoms with Gasteiger partial charge in [0.15, 0.2) is 0 Å². The van der Waals surface area contributed by atoms with Crippen molar-refractivity contribution in [3.8, 4) is 0 Å². The van der Waals surface area contributed by atoms with Gasteiger partial charge in [0.1, 0.15) is 0 Å². The molecule has 0 aliphatic heterocycles. The van der Waals surface area contributed by atoms with Crippen LogP contribution in [0.25, 0.3) is 0 Å². The van der Waals surface area contributed by atoms with E-state index < -0.39 is 16.4 Å². The van der Waals surface area contributed by atoms with Crippen LogP contribution < -0.4 is 5.73 Å². The molecular weight excluding hydrogens is 210 g/mol. The maximum atomic E-state index is 10.8. The smallest absolute Gasteiger partial charge is 0.328 e. The average molecular weight is 225 g/mol. The van der Waals surface area contributed by atoms with Gasteiger partial charge in [-0.1, -0.05) is 13.3 Å². The van der Waals surface area contributed by atoms with E-state index >= 15 is 0 Å². The predicted octanol–water partition coefficient (Wildman–Crippen LogP) is 0.240. The van der Waals surface area contributed by atoms with Crippen LogP contribution in [0.15, 0.2) is 0 Å². The largest absolute Gasteiger partial charge is 0.448 e. The van der Waals surface area contributed by atoms with Gasteiger partial charge in [-0.15, -0.1) is 0 Å². The average Bonchev–Trinajstić information content (AvgIpc) is 1.98. The molecule has 0 spiro atoms. The number of hydrogen-bond acceptors (Lipinski definition) is 5. The third kappa shape index (κ3) is 7.96. The van der Waals surface area contributed by atoms with Crippen molar-refractivity contribution in [3.63, 3.8) is 0 Å². The lowest BCUT2D eigenvalue weighted by molar-refractivity contribution is -0.134. The van der Waals surface area contributed by atoms with Gasteiger partial charge in [0.2, 0.25) is 0 Å². The molecule has 0 unspecified atom stereocenters. The molecule has 0 aromatic carbocycles. The van der Waals surface area contributed by atoms with Crippen LogP contribution in [0.4, 0.5) is 0 Å². The summed E-state index contributed by atoms with van der Waals surface area (Å²) in [4.78, 5) is 10.8. The Morgan fingerprint density at radius 1 is 1.50 bits per heavy atom. The van der Waals surface area contributed by atoms with Crippen LogP contribution in [-0.2, 0) is 19.4 Å². The summed E-state index contributed by atoms with van der Waals surface area (Å²) in [5, 5.41) is 0. The Morgan fingerprint density at radius 2 is 2.07 bits per heavy atom. The molecule has 0 amide bonds. The van der Waals surface area contributed by atoms with Crippen LogP contribution in [0.2, 0.25) is 0 Å². The Balaban J connectivity index is 3.75. The first-order valence-electron chi connectivity index (χ1n) is 4.30. The van der Waals surface area contributed by atoms with Crippen molar-refractivity contribution in [1.29, 1.82) is 0 Å². The lowest BCUT2D eigenvalue weighted by Gasteiger charge is -2.08. The second kappa shape index (κ2) is 5.94. The van der Waals surface area contributed by atoms with Gasteiger partial charge in [0.05, 0.1) is 0 Å². The highest BCUT2D eigenvalue weighted by Crippen LogP contribution is 2.03. The summed E-state index contributed by atoms with van der Waals surface area (Å²) in [6.07, 6.45) is 1.90. The normalized spacial score (nSPS) is 13.6. The van der Waals surface area contributed by atoms with Crippen LogP contribution in [0, 0.1) is 0 Å². The van der Waals surface area contributed by atoms with Crippen LogP contribution in [0.3, 0.4) is 0 Å². The number of nitrogens with two attached hydrogens (primary N) is 1. The summed E-state index contributed by atoms with van der Waals surface area (Å²) in [5.41, 5.74) is 5.58. The lowest BCUT2D eigenvalue weighted by atomic mass is 10.1. The van der Waals surface area contributed by atoms with Crippen LogP contribution in [0.1, 0.15) is 32.6 Å². The highest BCUT2D eigenvalue weighted by atomic mass is 32.3. The Hall–Kier alpha value is -0.660. The topological polar surface area (TPSA) is 107 Å². The molecule has 14 heavy (non-hydrogen) atoms. The fourth-order valence-corrected chi connectivity index (χ4v) is 1.30. The Kier molecular flexibility index (Phi) is 5.66. The van der Waals surface area contributed by atoms with E-state index in [4.69, 9.17) is 10.3 Å². The molecule has 0 aliphatic rings. The zero-order valence-electron chi connectivity index (χ0n) is 7.97. The van der Waals surface area contributed by atoms with Crippen molar-refractivity contribution in [2.45, 2.75) is 38.6 Å². The Labute approximate surface area is 83.4 Å². The van der Waals surface area contributed by atoms with Crippen LogP contribution in [0.5, 0.6) is 0 Å². The first-order valence-corrected chi connectivity index (χ1v) is 5.67. The highest BCUT2D eigenvalue weighted by Gasteiger charge is 2.14. The second-order valence-electron chi connectivity index (χ2n) is 2.97. The molecule has 0 aliphatic carbocycles. The van der Waals surface area contributed by atoms with Crippen molar-refractivity contribution < 1.29 is 21.9 Å². The summed E-state index contributed by atoms with van der Waals surface area (Å²) in [6, 6.07) is -0.144. The Morgan fingerprint density at radius 3 is 2.50 bits per heavy atom. The number of carbonyl (C=O) groups is 1. The first kappa shape index (κ1) is 13.3. The predicted molar refractivity (Wildman–Crippen MR) is 49.8 cm³/mol. The van der Waals surface area contributed by atoms with E-state index in [1.807, 2.05) is 6.92 Å². The van der Waals surface area contributed by atoms with Crippen molar-refractivity contribution in [3.05, 3.63) is 0 Å². The molecule has 0 radical (unpaired) electrons. The summed E-state index contributed by atoms with van der Waals surface area (Å²) in [5.74, 6) is -0.987. The zero-order chi connectivity index (χ0) is 11.2. The van der Waals surface area contributed by atoms with Gasteiger partial charge >= 0.3 is 16.4 Å². The van der Waals surface area contributed by atoms with Gasteiger partial charge in [-0.3, -0.25) is 9.35 Å². The van der Waals surface area contributed by atoms with Crippen molar-refractivity contribution in [2.75, 3.05) is 0 Å². The summed E-state index contributed by atoms with van der Waals surface area (Å²) >= 11 is 0. The van der Waals surface area contributed by atoms with E-state index in [0.29, 0.717) is 6.42 Å². The zero-order valence-corrected chi connectivity index (χ0v) is 8.79. The van der Waals surface area contributed by atoms with Gasteiger partial charge in [-0.2, -0.15) is 8.42 Å². The van der Waals surface area contributed by atoms with Gasteiger partial charge in [0.25, 0.3) is 0 Å². The molecule has 3 N–H and O–H groups in total. The standard InChI is InChI=1S/C7H15NO5S/c1-2-3-6(8)4-5-7(9)13-14(10,11)12/h6H,2-5,8H2,1H3,(H,10,11,12)/t6-/m1/s1. The minimum Gasteiger partial charge on any atom is -0.328 e. The van der Waals surface area contributed by atoms with E-state index in [1.165, 1.54) is 0 Å². The molecule has 1 atom stereocenters. The molecule has 6 nitrogen and oxygen atoms in total. The maximum Gasteiger partial charge on any atom is 0.448 e.